The van der Waals surface area contributed by atoms with E-state index in [0.717, 1.165) is 12.8 Å². The Balaban J connectivity index is 0.00000180. The van der Waals surface area contributed by atoms with Crippen molar-refractivity contribution < 1.29 is 23.6 Å². The van der Waals surface area contributed by atoms with E-state index in [1.807, 2.05) is 0 Å². The summed E-state index contributed by atoms with van der Waals surface area (Å²) >= 11 is 0. The Morgan fingerprint density at radius 2 is 2.00 bits per heavy atom. The van der Waals surface area contributed by atoms with Gasteiger partial charge in [0.1, 0.15) is 0 Å². The van der Waals surface area contributed by atoms with Crippen LogP contribution in [0.4, 0.5) is 0 Å². The Morgan fingerprint density at radius 3 is 2.63 bits per heavy atom. The van der Waals surface area contributed by atoms with Gasteiger partial charge in [0.2, 0.25) is 0 Å². The minimum absolute atomic E-state index is 0. The maximum atomic E-state index is 5.30. The molecule has 0 aromatic heterocycles. The molecule has 0 unspecified atom stereocenters. The Kier molecular flexibility index (Phi) is 7.98. The summed E-state index contributed by atoms with van der Waals surface area (Å²) < 4.78 is 5.30. The molecule has 1 aromatic rings. The zero-order valence-corrected chi connectivity index (χ0v) is 12.1. The zero-order chi connectivity index (χ0) is 12.6. The van der Waals surface area contributed by atoms with Crippen molar-refractivity contribution in [3.8, 4) is 0 Å². The maximum absolute atomic E-state index is 5.30. The number of hydrogen-bond acceptors (Lipinski definition) is 1. The fourth-order valence-corrected chi connectivity index (χ4v) is 2.39. The molecule has 0 N–H and O–H groups in total. The Labute approximate surface area is 128 Å². The van der Waals surface area contributed by atoms with Gasteiger partial charge < -0.3 is 10.1 Å². The minimum atomic E-state index is 0. The van der Waals surface area contributed by atoms with E-state index in [2.05, 4.69) is 36.4 Å². The van der Waals surface area contributed by atoms with Crippen LogP contribution < -0.4 is 18.9 Å². The summed E-state index contributed by atoms with van der Waals surface area (Å²) in [5.74, 6) is 0. The molecule has 98 valence electrons. The van der Waals surface area contributed by atoms with Gasteiger partial charge in [-0.3, -0.25) is 0 Å². The minimum Gasteiger partial charge on any atom is -0.683 e. The summed E-state index contributed by atoms with van der Waals surface area (Å²) in [6.45, 7) is 0.701. The van der Waals surface area contributed by atoms with Crippen molar-refractivity contribution in [1.82, 2.24) is 0 Å². The molecule has 3 heteroatoms. The summed E-state index contributed by atoms with van der Waals surface area (Å²) in [5.41, 5.74) is 2.61. The second-order valence-corrected chi connectivity index (χ2v) is 4.87. The quantitative estimate of drug-likeness (QED) is 0.694. The largest absolute Gasteiger partial charge is 1.00 e. The van der Waals surface area contributed by atoms with Gasteiger partial charge in [-0.15, -0.1) is 6.08 Å². The first kappa shape index (κ1) is 16.4. The van der Waals surface area contributed by atoms with Gasteiger partial charge in [0, 0.05) is 13.7 Å². The number of benzene rings is 1. The van der Waals surface area contributed by atoms with E-state index in [1.54, 1.807) is 7.11 Å². The van der Waals surface area contributed by atoms with Crippen molar-refractivity contribution in [3.05, 3.63) is 53.0 Å². The molecule has 1 aliphatic carbocycles. The van der Waals surface area contributed by atoms with E-state index in [-0.39, 0.29) is 24.9 Å². The summed E-state index contributed by atoms with van der Waals surface area (Å²) in [6, 6.07) is 10.8. The first-order chi connectivity index (χ1) is 8.88. The molecule has 0 amide bonds. The third-order valence-corrected chi connectivity index (χ3v) is 3.29. The molecule has 0 saturated heterocycles. The average Bonchev–Trinajstić information content (AvgIpc) is 2.41. The van der Waals surface area contributed by atoms with Crippen LogP contribution in [0.15, 0.2) is 42.1 Å². The summed E-state index contributed by atoms with van der Waals surface area (Å²) in [5, 5.41) is 4.86. The molecule has 1 atom stereocenters. The second-order valence-electron chi connectivity index (χ2n) is 4.87. The summed E-state index contributed by atoms with van der Waals surface area (Å²) in [6.07, 6.45) is 8.16. The fourth-order valence-electron chi connectivity index (χ4n) is 2.39. The smallest absolute Gasteiger partial charge is 0.683 e. The molecule has 19 heavy (non-hydrogen) atoms. The first-order valence-electron chi connectivity index (χ1n) is 6.81. The molecule has 0 bridgehead atoms. The molecular formula is C16H22LiNO. The molecule has 0 radical (unpaired) electrons. The SMILES string of the molecule is COC[C@H](Cc1ccccc1)[N-]C1=CCCCC1.[Li+]. The number of nitrogens with zero attached hydrogens (tertiary/aromatic N) is 1. The molecular weight excluding hydrogens is 229 g/mol. The van der Waals surface area contributed by atoms with Gasteiger partial charge in [0.25, 0.3) is 0 Å². The molecule has 1 aliphatic rings. The van der Waals surface area contributed by atoms with E-state index < -0.39 is 0 Å². The molecule has 0 saturated carbocycles. The average molecular weight is 251 g/mol. The van der Waals surface area contributed by atoms with E-state index in [0.29, 0.717) is 6.61 Å². The Morgan fingerprint density at radius 1 is 1.21 bits per heavy atom. The standard InChI is InChI=1S/C16H22NO.Li/c1-18-13-16(12-14-8-4-2-5-9-14)17-15-10-6-3-7-11-15;/h2,4-5,8-10,16H,3,6-7,11-13H2,1H3;/q-1;+1/t16-;/m0./s1. The van der Waals surface area contributed by atoms with Crippen LogP contribution >= 0.6 is 0 Å². The third-order valence-electron chi connectivity index (χ3n) is 3.29. The van der Waals surface area contributed by atoms with Gasteiger partial charge in [0.15, 0.2) is 0 Å². The maximum Gasteiger partial charge on any atom is 1.00 e. The monoisotopic (exact) mass is 251 g/mol. The number of hydrogen-bond donors (Lipinski definition) is 0. The third kappa shape index (κ3) is 5.87. The van der Waals surface area contributed by atoms with Crippen LogP contribution in [-0.4, -0.2) is 19.8 Å². The van der Waals surface area contributed by atoms with Gasteiger partial charge in [-0.25, -0.2) is 0 Å². The van der Waals surface area contributed by atoms with E-state index in [9.17, 15) is 0 Å². The van der Waals surface area contributed by atoms with Crippen LogP contribution in [0.2, 0.25) is 0 Å². The van der Waals surface area contributed by atoms with Crippen LogP contribution in [0.3, 0.4) is 0 Å². The number of rotatable bonds is 6. The first-order valence-corrected chi connectivity index (χ1v) is 6.81. The van der Waals surface area contributed by atoms with E-state index in [1.165, 1.54) is 30.5 Å². The van der Waals surface area contributed by atoms with Crippen LogP contribution in [0.25, 0.3) is 5.32 Å². The Hall–Kier alpha value is -0.683. The van der Waals surface area contributed by atoms with Crippen molar-refractivity contribution in [2.45, 2.75) is 38.1 Å². The number of allylic oxidation sites excluding steroid dienone is 2. The van der Waals surface area contributed by atoms with Gasteiger partial charge in [-0.05, 0) is 31.2 Å². The molecule has 0 aliphatic heterocycles. The predicted molar refractivity (Wildman–Crippen MR) is 75.7 cm³/mol. The Bertz CT molecular complexity index is 378. The van der Waals surface area contributed by atoms with Crippen molar-refractivity contribution in [3.63, 3.8) is 0 Å². The van der Waals surface area contributed by atoms with Crippen molar-refractivity contribution in [2.75, 3.05) is 13.7 Å². The van der Waals surface area contributed by atoms with Crippen molar-refractivity contribution >= 4 is 0 Å². The summed E-state index contributed by atoms with van der Waals surface area (Å²) in [4.78, 5) is 0. The van der Waals surface area contributed by atoms with Crippen LogP contribution in [0.5, 0.6) is 0 Å². The van der Waals surface area contributed by atoms with Crippen LogP contribution in [0.1, 0.15) is 31.2 Å². The number of methoxy groups -OCH3 is 1. The molecule has 0 spiro atoms. The van der Waals surface area contributed by atoms with E-state index in [4.69, 9.17) is 10.1 Å². The topological polar surface area (TPSA) is 23.3 Å². The van der Waals surface area contributed by atoms with Gasteiger partial charge >= 0.3 is 18.9 Å². The normalized spacial score (nSPS) is 16.2. The fraction of sp³-hybridized carbons (Fsp3) is 0.500. The molecule has 0 heterocycles. The van der Waals surface area contributed by atoms with Crippen molar-refractivity contribution in [2.24, 2.45) is 0 Å². The van der Waals surface area contributed by atoms with Crippen molar-refractivity contribution in [1.29, 1.82) is 0 Å². The molecule has 2 rings (SSSR count). The second kappa shape index (κ2) is 9.26. The van der Waals surface area contributed by atoms with Gasteiger partial charge in [-0.2, -0.15) is 5.70 Å². The molecule has 1 aromatic carbocycles. The number of ether oxygens (including phenoxy) is 1. The zero-order valence-electron chi connectivity index (χ0n) is 12.1. The molecule has 2 nitrogen and oxygen atoms in total. The van der Waals surface area contributed by atoms with Gasteiger partial charge in [-0.1, -0.05) is 42.8 Å². The van der Waals surface area contributed by atoms with Gasteiger partial charge in [0.05, 0.1) is 0 Å². The molecule has 0 fully saturated rings. The predicted octanol–water partition coefficient (Wildman–Crippen LogP) is 1.08. The summed E-state index contributed by atoms with van der Waals surface area (Å²) in [7, 11) is 1.75. The van der Waals surface area contributed by atoms with Crippen LogP contribution in [0, 0.1) is 0 Å². The van der Waals surface area contributed by atoms with Crippen LogP contribution in [-0.2, 0) is 11.2 Å². The van der Waals surface area contributed by atoms with E-state index >= 15 is 0 Å².